The Morgan fingerprint density at radius 1 is 1.00 bits per heavy atom. The number of hydrogen-bond acceptors (Lipinski definition) is 3. The maximum Gasteiger partial charge on any atom is 0.118 e. The average molecular weight is 368 g/mol. The van der Waals surface area contributed by atoms with Gasteiger partial charge in [0.15, 0.2) is 0 Å². The Morgan fingerprint density at radius 2 is 1.74 bits per heavy atom. The molecule has 0 bridgehead atoms. The van der Waals surface area contributed by atoms with Gasteiger partial charge in [-0.2, -0.15) is 0 Å². The maximum atomic E-state index is 6.03. The molecule has 1 heterocycles. The van der Waals surface area contributed by atoms with Crippen LogP contribution in [0.1, 0.15) is 44.2 Å². The molecule has 1 aliphatic rings. The normalized spacial score (nSPS) is 21.7. The second kappa shape index (κ2) is 8.90. The van der Waals surface area contributed by atoms with Crippen molar-refractivity contribution in [3.8, 4) is 5.75 Å². The molecule has 27 heavy (non-hydrogen) atoms. The zero-order chi connectivity index (χ0) is 19.2. The van der Waals surface area contributed by atoms with Crippen LogP contribution in [0.25, 0.3) is 0 Å². The number of nitrogens with one attached hydrogen (secondary N) is 1. The van der Waals surface area contributed by atoms with Crippen LogP contribution in [-0.2, 0) is 16.6 Å². The van der Waals surface area contributed by atoms with Gasteiger partial charge in [-0.05, 0) is 75.9 Å². The summed E-state index contributed by atoms with van der Waals surface area (Å²) in [5, 5.41) is 3.66. The molecule has 146 valence electrons. The minimum absolute atomic E-state index is 0.0811. The highest BCUT2D eigenvalue weighted by Crippen LogP contribution is 2.44. The van der Waals surface area contributed by atoms with E-state index in [1.165, 1.54) is 11.1 Å². The lowest BCUT2D eigenvalue weighted by Gasteiger charge is -2.45. The highest BCUT2D eigenvalue weighted by molar-refractivity contribution is 5.33. The van der Waals surface area contributed by atoms with Gasteiger partial charge in [0.2, 0.25) is 0 Å². The highest BCUT2D eigenvalue weighted by atomic mass is 16.5. The lowest BCUT2D eigenvalue weighted by molar-refractivity contribution is -0.0839. The van der Waals surface area contributed by atoms with Crippen molar-refractivity contribution in [1.29, 1.82) is 0 Å². The Labute approximate surface area is 164 Å². The van der Waals surface area contributed by atoms with Crippen molar-refractivity contribution >= 4 is 0 Å². The Morgan fingerprint density at radius 3 is 2.41 bits per heavy atom. The molecule has 0 aliphatic carbocycles. The molecule has 3 nitrogen and oxygen atoms in total. The Balaban J connectivity index is 1.63. The molecule has 0 radical (unpaired) electrons. The molecule has 1 fully saturated rings. The number of ether oxygens (including phenoxy) is 2. The summed E-state index contributed by atoms with van der Waals surface area (Å²) in [5.74, 6) is 0.918. The summed E-state index contributed by atoms with van der Waals surface area (Å²) in [4.78, 5) is 0. The molecule has 2 aromatic carbocycles. The lowest BCUT2D eigenvalue weighted by Crippen LogP contribution is -2.45. The summed E-state index contributed by atoms with van der Waals surface area (Å²) in [7, 11) is 1.72. The van der Waals surface area contributed by atoms with Crippen molar-refractivity contribution in [3.63, 3.8) is 0 Å². The first-order valence-electron chi connectivity index (χ1n) is 10.1. The fourth-order valence-corrected chi connectivity index (χ4v) is 4.36. The van der Waals surface area contributed by atoms with E-state index in [1.54, 1.807) is 7.11 Å². The molecule has 1 saturated heterocycles. The summed E-state index contributed by atoms with van der Waals surface area (Å²) in [6.45, 7) is 7.29. The molecule has 2 aromatic rings. The first-order chi connectivity index (χ1) is 13.0. The quantitative estimate of drug-likeness (QED) is 0.683. The number of benzene rings is 2. The van der Waals surface area contributed by atoms with Crippen molar-refractivity contribution in [2.24, 2.45) is 0 Å². The van der Waals surface area contributed by atoms with E-state index in [-0.39, 0.29) is 11.0 Å². The van der Waals surface area contributed by atoms with Crippen molar-refractivity contribution in [2.75, 3.05) is 26.8 Å². The standard InChI is InChI=1S/C24H33NO2/c1-23(2)19-24(15-18-27-23,21-9-11-22(26-3)12-10-21)14-17-25-16-13-20-7-5-4-6-8-20/h4-12,25H,13-19H2,1-3H3. The highest BCUT2D eigenvalue weighted by Gasteiger charge is 2.41. The maximum absolute atomic E-state index is 6.03. The van der Waals surface area contributed by atoms with Crippen LogP contribution in [-0.4, -0.2) is 32.4 Å². The van der Waals surface area contributed by atoms with Gasteiger partial charge in [-0.3, -0.25) is 0 Å². The summed E-state index contributed by atoms with van der Waals surface area (Å²) >= 11 is 0. The van der Waals surface area contributed by atoms with Crippen LogP contribution >= 0.6 is 0 Å². The van der Waals surface area contributed by atoms with Crippen molar-refractivity contribution in [2.45, 2.75) is 50.5 Å². The van der Waals surface area contributed by atoms with Crippen molar-refractivity contribution < 1.29 is 9.47 Å². The van der Waals surface area contributed by atoms with Gasteiger partial charge in [0.05, 0.1) is 12.7 Å². The van der Waals surface area contributed by atoms with E-state index in [0.717, 1.165) is 51.1 Å². The van der Waals surface area contributed by atoms with Gasteiger partial charge in [0.25, 0.3) is 0 Å². The monoisotopic (exact) mass is 367 g/mol. The molecule has 1 N–H and O–H groups in total. The molecule has 0 aromatic heterocycles. The number of rotatable bonds is 8. The summed E-state index contributed by atoms with van der Waals surface area (Å²) in [6, 6.07) is 19.3. The second-order valence-electron chi connectivity index (χ2n) is 8.28. The molecule has 1 atom stereocenters. The van der Waals surface area contributed by atoms with Gasteiger partial charge in [0.1, 0.15) is 5.75 Å². The molecule has 0 amide bonds. The van der Waals surface area contributed by atoms with Crippen LogP contribution in [0.15, 0.2) is 54.6 Å². The molecule has 0 spiro atoms. The summed E-state index contributed by atoms with van der Waals surface area (Å²) in [6.07, 6.45) is 4.32. The van der Waals surface area contributed by atoms with E-state index in [2.05, 4.69) is 73.8 Å². The van der Waals surface area contributed by atoms with E-state index in [9.17, 15) is 0 Å². The molecular formula is C24H33NO2. The van der Waals surface area contributed by atoms with Crippen LogP contribution in [0.2, 0.25) is 0 Å². The van der Waals surface area contributed by atoms with Crippen LogP contribution < -0.4 is 10.1 Å². The van der Waals surface area contributed by atoms with E-state index < -0.39 is 0 Å². The van der Waals surface area contributed by atoms with Gasteiger partial charge in [-0.15, -0.1) is 0 Å². The molecule has 3 rings (SSSR count). The molecule has 3 heteroatoms. The topological polar surface area (TPSA) is 30.5 Å². The molecule has 1 aliphatic heterocycles. The zero-order valence-electron chi connectivity index (χ0n) is 17.0. The summed E-state index contributed by atoms with van der Waals surface area (Å²) in [5.41, 5.74) is 2.88. The van der Waals surface area contributed by atoms with E-state index in [4.69, 9.17) is 9.47 Å². The SMILES string of the molecule is COc1ccc(C2(CCNCCc3ccccc3)CCOC(C)(C)C2)cc1. The number of methoxy groups -OCH3 is 1. The Kier molecular flexibility index (Phi) is 6.56. The fourth-order valence-electron chi connectivity index (χ4n) is 4.36. The van der Waals surface area contributed by atoms with Crippen LogP contribution in [0.4, 0.5) is 0 Å². The predicted molar refractivity (Wildman–Crippen MR) is 112 cm³/mol. The number of hydrogen-bond donors (Lipinski definition) is 1. The molecule has 0 saturated carbocycles. The zero-order valence-corrected chi connectivity index (χ0v) is 17.0. The van der Waals surface area contributed by atoms with Gasteiger partial charge in [-0.1, -0.05) is 42.5 Å². The van der Waals surface area contributed by atoms with Crippen LogP contribution in [0, 0.1) is 0 Å². The van der Waals surface area contributed by atoms with E-state index in [0.29, 0.717) is 0 Å². The van der Waals surface area contributed by atoms with Crippen molar-refractivity contribution in [3.05, 3.63) is 65.7 Å². The van der Waals surface area contributed by atoms with E-state index in [1.807, 2.05) is 0 Å². The van der Waals surface area contributed by atoms with Crippen molar-refractivity contribution in [1.82, 2.24) is 5.32 Å². The minimum Gasteiger partial charge on any atom is -0.497 e. The molecule has 1 unspecified atom stereocenters. The van der Waals surface area contributed by atoms with Gasteiger partial charge in [-0.25, -0.2) is 0 Å². The Hall–Kier alpha value is -1.84. The smallest absolute Gasteiger partial charge is 0.118 e. The first-order valence-corrected chi connectivity index (χ1v) is 10.1. The Bertz CT molecular complexity index is 696. The van der Waals surface area contributed by atoms with E-state index >= 15 is 0 Å². The van der Waals surface area contributed by atoms with Gasteiger partial charge < -0.3 is 14.8 Å². The minimum atomic E-state index is -0.0811. The summed E-state index contributed by atoms with van der Waals surface area (Å²) < 4.78 is 11.4. The molecular weight excluding hydrogens is 334 g/mol. The third-order valence-corrected chi connectivity index (χ3v) is 5.75. The first kappa shape index (κ1) is 19.9. The largest absolute Gasteiger partial charge is 0.497 e. The van der Waals surface area contributed by atoms with Crippen LogP contribution in [0.5, 0.6) is 5.75 Å². The van der Waals surface area contributed by atoms with Crippen LogP contribution in [0.3, 0.4) is 0 Å². The van der Waals surface area contributed by atoms with Gasteiger partial charge >= 0.3 is 0 Å². The average Bonchev–Trinajstić information content (AvgIpc) is 2.68. The second-order valence-corrected chi connectivity index (χ2v) is 8.28. The third-order valence-electron chi connectivity index (χ3n) is 5.75. The lowest BCUT2D eigenvalue weighted by atomic mass is 9.67. The van der Waals surface area contributed by atoms with Gasteiger partial charge in [0, 0.05) is 12.0 Å². The predicted octanol–water partition coefficient (Wildman–Crippen LogP) is 4.74. The third kappa shape index (κ3) is 5.33. The fraction of sp³-hybridized carbons (Fsp3) is 0.500.